The normalized spacial score (nSPS) is 21.4. The Balaban J connectivity index is 2.47. The monoisotopic (exact) mass is 368 g/mol. The van der Waals surface area contributed by atoms with Crippen molar-refractivity contribution < 1.29 is 18.1 Å². The largest absolute Gasteiger partial charge is 0.485 e. The Morgan fingerprint density at radius 1 is 1.48 bits per heavy atom. The molecule has 2 atom stereocenters. The molecule has 0 saturated carbocycles. The van der Waals surface area contributed by atoms with Crippen LogP contribution in [0, 0.1) is 5.82 Å². The fourth-order valence-electron chi connectivity index (χ4n) is 2.13. The maximum Gasteiger partial charge on any atom is 0.171 e. The Morgan fingerprint density at radius 2 is 2.16 bits per heavy atom. The van der Waals surface area contributed by atoms with Crippen molar-refractivity contribution in [3.05, 3.63) is 34.0 Å². The van der Waals surface area contributed by atoms with Crippen molar-refractivity contribution in [2.75, 3.05) is 13.2 Å². The van der Waals surface area contributed by atoms with Gasteiger partial charge in [-0.1, -0.05) is 5.11 Å². The van der Waals surface area contributed by atoms with E-state index in [2.05, 4.69) is 14.4 Å². The van der Waals surface area contributed by atoms with Gasteiger partial charge in [0.25, 0.3) is 0 Å². The number of rotatable bonds is 4. The van der Waals surface area contributed by atoms with E-state index in [1.165, 1.54) is 12.1 Å². The van der Waals surface area contributed by atoms with Crippen LogP contribution in [-0.2, 0) is 11.0 Å². The Morgan fingerprint density at radius 3 is 2.76 bits per heavy atom. The van der Waals surface area contributed by atoms with Gasteiger partial charge in [-0.3, -0.25) is 0 Å². The summed E-state index contributed by atoms with van der Waals surface area (Å²) in [5.74, 6) is 0.0343. The van der Waals surface area contributed by atoms with Gasteiger partial charge in [-0.15, -0.1) is 0 Å². The zero-order valence-electron chi connectivity index (χ0n) is 14.9. The fraction of sp³-hybridized carbons (Fsp3) is 0.562. The van der Waals surface area contributed by atoms with E-state index < -0.39 is 27.2 Å². The molecule has 0 saturated heterocycles. The highest BCUT2D eigenvalue weighted by Gasteiger charge is 2.35. The number of hydrogen-bond donors (Lipinski definition) is 0. The summed E-state index contributed by atoms with van der Waals surface area (Å²) in [6.07, 6.45) is 0. The average Bonchev–Trinajstić information content (AvgIpc) is 2.52. The number of benzene rings is 1. The van der Waals surface area contributed by atoms with Crippen LogP contribution in [0.25, 0.3) is 10.4 Å². The minimum atomic E-state index is -1.50. The highest BCUT2D eigenvalue weighted by atomic mass is 32.2. The van der Waals surface area contributed by atoms with Gasteiger partial charge in [0.05, 0.1) is 17.0 Å². The van der Waals surface area contributed by atoms with Crippen LogP contribution < -0.4 is 9.47 Å². The molecule has 0 fully saturated rings. The van der Waals surface area contributed by atoms with Gasteiger partial charge in [-0.05, 0) is 46.2 Å². The number of fused-ring (bicyclic) bond motifs is 1. The maximum absolute atomic E-state index is 13.9. The summed E-state index contributed by atoms with van der Waals surface area (Å²) in [7, 11) is -1.50. The molecule has 7 nitrogen and oxygen atoms in total. The van der Waals surface area contributed by atoms with Gasteiger partial charge < -0.3 is 9.47 Å². The number of azide groups is 1. The molecule has 136 valence electrons. The average molecular weight is 368 g/mol. The van der Waals surface area contributed by atoms with Gasteiger partial charge in [0, 0.05) is 16.5 Å². The van der Waals surface area contributed by atoms with Crippen LogP contribution in [0.2, 0.25) is 0 Å². The summed E-state index contributed by atoms with van der Waals surface area (Å²) in [5.41, 5.74) is 8.38. The lowest BCUT2D eigenvalue weighted by Gasteiger charge is -2.35. The Hall–Kier alpha value is -2.12. The van der Waals surface area contributed by atoms with Crippen LogP contribution in [0.15, 0.2) is 21.6 Å². The number of halogens is 1. The van der Waals surface area contributed by atoms with Crippen LogP contribution in [0.3, 0.4) is 0 Å². The number of nitrogens with zero attached hydrogens (tertiary/aromatic N) is 4. The zero-order chi connectivity index (χ0) is 18.8. The molecular weight excluding hydrogens is 347 g/mol. The molecule has 0 aliphatic carbocycles. The molecular formula is C16H21FN4O3S. The Kier molecular flexibility index (Phi) is 5.39. The van der Waals surface area contributed by atoms with E-state index in [0.717, 1.165) is 0 Å². The molecule has 2 rings (SSSR count). The van der Waals surface area contributed by atoms with Crippen molar-refractivity contribution in [1.29, 1.82) is 0 Å². The van der Waals surface area contributed by atoms with Gasteiger partial charge in [0.1, 0.15) is 29.0 Å². The van der Waals surface area contributed by atoms with Gasteiger partial charge in [0.2, 0.25) is 0 Å². The van der Waals surface area contributed by atoms with Crippen LogP contribution in [0.4, 0.5) is 4.39 Å². The van der Waals surface area contributed by atoms with E-state index in [-0.39, 0.29) is 18.9 Å². The molecule has 1 heterocycles. The van der Waals surface area contributed by atoms with Gasteiger partial charge in [-0.2, -0.15) is 4.40 Å². The number of ether oxygens (including phenoxy) is 2. The first-order valence-electron chi connectivity index (χ1n) is 7.70. The lowest BCUT2D eigenvalue weighted by atomic mass is 10.0. The Bertz CT molecular complexity index is 784. The summed E-state index contributed by atoms with van der Waals surface area (Å²) in [4.78, 5) is 2.73. The summed E-state index contributed by atoms with van der Waals surface area (Å²) < 4.78 is 41.4. The third-order valence-electron chi connectivity index (χ3n) is 3.50. The third kappa shape index (κ3) is 4.49. The smallest absolute Gasteiger partial charge is 0.171 e. The van der Waals surface area contributed by atoms with E-state index in [9.17, 15) is 8.60 Å². The molecule has 1 aliphatic rings. The standard InChI is InChI=1S/C16H21FN4O3S/c1-10(20-25(22)15(2,3)4)12-6-11(17)7-13-14(12)24-16(5,9-23-13)8-19-21-18/h6-7H,8-9H2,1-5H3/b20-10+. The van der Waals surface area contributed by atoms with Gasteiger partial charge in [-0.25, -0.2) is 8.60 Å². The second-order valence-electron chi connectivity index (χ2n) is 7.05. The second-order valence-corrected chi connectivity index (χ2v) is 8.95. The summed E-state index contributed by atoms with van der Waals surface area (Å²) >= 11 is 0. The molecule has 1 aliphatic heterocycles. The minimum Gasteiger partial charge on any atom is -0.485 e. The first kappa shape index (κ1) is 19.2. The van der Waals surface area contributed by atoms with Crippen molar-refractivity contribution in [2.24, 2.45) is 9.51 Å². The molecule has 0 bridgehead atoms. The van der Waals surface area contributed by atoms with E-state index in [0.29, 0.717) is 17.0 Å². The van der Waals surface area contributed by atoms with E-state index in [1.54, 1.807) is 34.6 Å². The SMILES string of the molecule is C/C(=N\S(=O)C(C)(C)C)c1cc(F)cc2c1OC(C)(CN=[N+]=[N-])CO2. The Labute approximate surface area is 148 Å². The van der Waals surface area contributed by atoms with Crippen molar-refractivity contribution in [2.45, 2.75) is 45.0 Å². The first-order valence-corrected chi connectivity index (χ1v) is 8.80. The highest BCUT2D eigenvalue weighted by molar-refractivity contribution is 7.85. The van der Waals surface area contributed by atoms with Gasteiger partial charge >= 0.3 is 0 Å². The topological polar surface area (TPSA) is 96.7 Å². The minimum absolute atomic E-state index is 0.0594. The highest BCUT2D eigenvalue weighted by Crippen LogP contribution is 2.39. The lowest BCUT2D eigenvalue weighted by Crippen LogP contribution is -2.45. The molecule has 0 spiro atoms. The molecule has 1 aromatic carbocycles. The quantitative estimate of drug-likeness (QED) is 0.348. The molecule has 9 heteroatoms. The van der Waals surface area contributed by atoms with Crippen LogP contribution in [0.5, 0.6) is 11.5 Å². The van der Waals surface area contributed by atoms with Crippen molar-refractivity contribution >= 4 is 16.7 Å². The maximum atomic E-state index is 13.9. The molecule has 2 unspecified atom stereocenters. The van der Waals surface area contributed by atoms with E-state index in [1.807, 2.05) is 0 Å². The van der Waals surface area contributed by atoms with Crippen molar-refractivity contribution in [3.8, 4) is 11.5 Å². The molecule has 0 aromatic heterocycles. The second kappa shape index (κ2) is 7.01. The first-order chi connectivity index (χ1) is 11.6. The number of hydrogen-bond acceptors (Lipinski definition) is 4. The van der Waals surface area contributed by atoms with Crippen LogP contribution in [0.1, 0.15) is 40.2 Å². The van der Waals surface area contributed by atoms with Gasteiger partial charge in [0.15, 0.2) is 11.5 Å². The van der Waals surface area contributed by atoms with E-state index >= 15 is 0 Å². The van der Waals surface area contributed by atoms with Crippen LogP contribution >= 0.6 is 0 Å². The van der Waals surface area contributed by atoms with E-state index in [4.69, 9.17) is 15.0 Å². The molecule has 0 radical (unpaired) electrons. The lowest BCUT2D eigenvalue weighted by molar-refractivity contribution is 0.0130. The third-order valence-corrected chi connectivity index (χ3v) is 4.99. The molecule has 1 aromatic rings. The summed E-state index contributed by atoms with van der Waals surface area (Å²) in [6, 6.07) is 2.49. The zero-order valence-corrected chi connectivity index (χ0v) is 15.7. The molecule has 0 N–H and O–H groups in total. The predicted molar refractivity (Wildman–Crippen MR) is 95.0 cm³/mol. The summed E-state index contributed by atoms with van der Waals surface area (Å²) in [6.45, 7) is 8.96. The predicted octanol–water partition coefficient (Wildman–Crippen LogP) is 3.94. The van der Waals surface area contributed by atoms with Crippen LogP contribution in [-0.4, -0.2) is 33.4 Å². The fourth-order valence-corrected chi connectivity index (χ4v) is 2.75. The van der Waals surface area contributed by atoms with Crippen molar-refractivity contribution in [1.82, 2.24) is 0 Å². The summed E-state index contributed by atoms with van der Waals surface area (Å²) in [5, 5.41) is 3.54. The molecule has 0 amide bonds. The van der Waals surface area contributed by atoms with Crippen molar-refractivity contribution in [3.63, 3.8) is 0 Å². The molecule has 25 heavy (non-hydrogen) atoms.